The van der Waals surface area contributed by atoms with Crippen molar-refractivity contribution in [2.75, 3.05) is 0 Å². The summed E-state index contributed by atoms with van der Waals surface area (Å²) >= 11 is 3.45. The fourth-order valence-corrected chi connectivity index (χ4v) is 1.59. The van der Waals surface area contributed by atoms with Gasteiger partial charge in [-0.05, 0) is 6.07 Å². The van der Waals surface area contributed by atoms with Gasteiger partial charge < -0.3 is 17.3 Å². The van der Waals surface area contributed by atoms with Crippen LogP contribution in [0.25, 0.3) is 5.69 Å². The second kappa shape index (κ2) is 6.54. The van der Waals surface area contributed by atoms with Crippen molar-refractivity contribution in [2.24, 2.45) is 0 Å². The third kappa shape index (κ3) is 6.39. The van der Waals surface area contributed by atoms with Crippen molar-refractivity contribution in [3.63, 3.8) is 0 Å². The minimum atomic E-state index is -6.00. The smallest absolute Gasteiger partial charge is 0.418 e. The van der Waals surface area contributed by atoms with Gasteiger partial charge in [0.2, 0.25) is 5.69 Å². The number of pyridine rings is 1. The highest BCUT2D eigenvalue weighted by Gasteiger charge is 2.20. The summed E-state index contributed by atoms with van der Waals surface area (Å²) in [5.74, 6) is 0. The van der Waals surface area contributed by atoms with Crippen molar-refractivity contribution in [1.82, 2.24) is 0 Å². The molecule has 0 bridgehead atoms. The molecular formula is C11H9BBrF4N. The third-order valence-corrected chi connectivity index (χ3v) is 2.32. The van der Waals surface area contributed by atoms with Crippen LogP contribution in [0.1, 0.15) is 0 Å². The highest BCUT2D eigenvalue weighted by atomic mass is 79.9. The third-order valence-electron chi connectivity index (χ3n) is 1.82. The van der Waals surface area contributed by atoms with Crippen LogP contribution in [0.15, 0.2) is 59.3 Å². The largest absolute Gasteiger partial charge is 0.673 e. The van der Waals surface area contributed by atoms with Gasteiger partial charge >= 0.3 is 7.25 Å². The Hall–Kier alpha value is -1.37. The number of rotatable bonds is 1. The van der Waals surface area contributed by atoms with Gasteiger partial charge in [0, 0.05) is 28.7 Å². The predicted molar refractivity (Wildman–Crippen MR) is 65.9 cm³/mol. The predicted octanol–water partition coefficient (Wildman–Crippen LogP) is 4.03. The van der Waals surface area contributed by atoms with E-state index in [0.29, 0.717) is 0 Å². The fourth-order valence-electron chi connectivity index (χ4n) is 1.21. The normalized spacial score (nSPS) is 10.5. The zero-order valence-corrected chi connectivity index (χ0v) is 10.7. The summed E-state index contributed by atoms with van der Waals surface area (Å²) in [7, 11) is -6.00. The minimum absolute atomic E-state index is 1.10. The first-order valence-electron chi connectivity index (χ1n) is 4.96. The number of aromatic nitrogens is 1. The molecule has 0 radical (unpaired) electrons. The maximum atomic E-state index is 9.75. The van der Waals surface area contributed by atoms with Crippen LogP contribution < -0.4 is 4.57 Å². The van der Waals surface area contributed by atoms with E-state index >= 15 is 0 Å². The van der Waals surface area contributed by atoms with Crippen LogP contribution in [0.5, 0.6) is 0 Å². The highest BCUT2D eigenvalue weighted by molar-refractivity contribution is 9.10. The molecule has 0 amide bonds. The van der Waals surface area contributed by atoms with E-state index in [-0.39, 0.29) is 0 Å². The van der Waals surface area contributed by atoms with Gasteiger partial charge in [-0.1, -0.05) is 28.1 Å². The monoisotopic (exact) mass is 321 g/mol. The number of nitrogens with zero attached hydrogens (tertiary/aromatic N) is 1. The maximum Gasteiger partial charge on any atom is 0.673 e. The van der Waals surface area contributed by atoms with Gasteiger partial charge in [0.1, 0.15) is 0 Å². The molecular weight excluding hydrogens is 313 g/mol. The van der Waals surface area contributed by atoms with Crippen LogP contribution in [0, 0.1) is 0 Å². The zero-order valence-electron chi connectivity index (χ0n) is 9.11. The molecule has 0 aliphatic rings. The van der Waals surface area contributed by atoms with Gasteiger partial charge in [0.25, 0.3) is 0 Å². The van der Waals surface area contributed by atoms with Crippen LogP contribution in [0.3, 0.4) is 0 Å². The highest BCUT2D eigenvalue weighted by Crippen LogP contribution is 2.10. The Morgan fingerprint density at radius 3 is 1.94 bits per heavy atom. The summed E-state index contributed by atoms with van der Waals surface area (Å²) < 4.78 is 42.2. The van der Waals surface area contributed by atoms with Gasteiger partial charge in [0.15, 0.2) is 12.4 Å². The summed E-state index contributed by atoms with van der Waals surface area (Å²) in [6, 6.07) is 14.2. The average molecular weight is 322 g/mol. The van der Waals surface area contributed by atoms with E-state index in [2.05, 4.69) is 32.6 Å². The molecule has 0 aliphatic heterocycles. The van der Waals surface area contributed by atoms with Gasteiger partial charge in [0.05, 0.1) is 0 Å². The molecule has 0 atom stereocenters. The number of halogens is 5. The van der Waals surface area contributed by atoms with Crippen molar-refractivity contribution in [1.29, 1.82) is 0 Å². The number of hydrogen-bond acceptors (Lipinski definition) is 0. The van der Waals surface area contributed by atoms with E-state index in [1.165, 1.54) is 0 Å². The second-order valence-corrected chi connectivity index (χ2v) is 4.17. The number of benzene rings is 1. The molecule has 7 heteroatoms. The lowest BCUT2D eigenvalue weighted by Crippen LogP contribution is -2.28. The Labute approximate surface area is 110 Å². The lowest BCUT2D eigenvalue weighted by Gasteiger charge is -1.94. The summed E-state index contributed by atoms with van der Waals surface area (Å²) in [6.07, 6.45) is 4.06. The lowest BCUT2D eigenvalue weighted by molar-refractivity contribution is -0.595. The Morgan fingerprint density at radius 2 is 1.44 bits per heavy atom. The fraction of sp³-hybridized carbons (Fsp3) is 0. The van der Waals surface area contributed by atoms with Crippen molar-refractivity contribution in [3.05, 3.63) is 59.3 Å². The van der Waals surface area contributed by atoms with Gasteiger partial charge in [-0.3, -0.25) is 0 Å². The molecule has 0 spiro atoms. The summed E-state index contributed by atoms with van der Waals surface area (Å²) in [5, 5.41) is 0. The Bertz CT molecular complexity index is 484. The molecule has 2 rings (SSSR count). The lowest BCUT2D eigenvalue weighted by atomic mass is 10.3. The van der Waals surface area contributed by atoms with Crippen LogP contribution >= 0.6 is 15.9 Å². The summed E-state index contributed by atoms with van der Waals surface area (Å²) in [4.78, 5) is 0. The average Bonchev–Trinajstić information content (AvgIpc) is 2.28. The summed E-state index contributed by atoms with van der Waals surface area (Å²) in [5.41, 5.74) is 1.16. The molecule has 0 aliphatic carbocycles. The van der Waals surface area contributed by atoms with Crippen LogP contribution in [-0.2, 0) is 0 Å². The maximum absolute atomic E-state index is 9.75. The summed E-state index contributed by atoms with van der Waals surface area (Å²) in [6.45, 7) is 0. The molecule has 0 N–H and O–H groups in total. The Balaban J connectivity index is 0.000000280. The Morgan fingerprint density at radius 1 is 0.889 bits per heavy atom. The quantitative estimate of drug-likeness (QED) is 0.424. The number of hydrogen-bond donors (Lipinski definition) is 0. The van der Waals surface area contributed by atoms with Crippen molar-refractivity contribution < 1.29 is 21.8 Å². The molecule has 1 aromatic carbocycles. The SMILES string of the molecule is Brc1cccc(-[n+]2ccccc2)c1.F[B-](F)(F)F. The first kappa shape index (κ1) is 14.7. The van der Waals surface area contributed by atoms with E-state index in [0.717, 1.165) is 10.2 Å². The van der Waals surface area contributed by atoms with E-state index in [4.69, 9.17) is 0 Å². The molecule has 0 fully saturated rings. The zero-order chi connectivity index (χ0) is 13.6. The molecule has 18 heavy (non-hydrogen) atoms. The Kier molecular flexibility index (Phi) is 5.34. The molecule has 0 unspecified atom stereocenters. The standard InChI is InChI=1S/C11H9BrN.BF4/c12-10-5-4-6-11(9-10)13-7-2-1-3-8-13;2-1(3,4)5/h1-9H;/q+1;-1. The van der Waals surface area contributed by atoms with E-state index < -0.39 is 7.25 Å². The van der Waals surface area contributed by atoms with E-state index in [1.54, 1.807) is 0 Å². The molecule has 1 heterocycles. The molecule has 1 aromatic heterocycles. The molecule has 0 saturated heterocycles. The topological polar surface area (TPSA) is 3.88 Å². The van der Waals surface area contributed by atoms with E-state index in [1.807, 2.05) is 42.7 Å². The first-order valence-corrected chi connectivity index (χ1v) is 5.75. The van der Waals surface area contributed by atoms with Crippen molar-refractivity contribution in [3.8, 4) is 5.69 Å². The van der Waals surface area contributed by atoms with Crippen molar-refractivity contribution in [2.45, 2.75) is 0 Å². The van der Waals surface area contributed by atoms with E-state index in [9.17, 15) is 17.3 Å². The van der Waals surface area contributed by atoms with Crippen LogP contribution in [0.4, 0.5) is 17.3 Å². The first-order chi connectivity index (χ1) is 8.36. The second-order valence-electron chi connectivity index (χ2n) is 3.26. The van der Waals surface area contributed by atoms with Crippen LogP contribution in [-0.4, -0.2) is 7.25 Å². The minimum Gasteiger partial charge on any atom is -0.418 e. The van der Waals surface area contributed by atoms with Gasteiger partial charge in [-0.2, -0.15) is 4.57 Å². The van der Waals surface area contributed by atoms with Gasteiger partial charge in [-0.25, -0.2) is 0 Å². The van der Waals surface area contributed by atoms with Crippen LogP contribution in [0.2, 0.25) is 0 Å². The molecule has 1 nitrogen and oxygen atoms in total. The van der Waals surface area contributed by atoms with Crippen molar-refractivity contribution >= 4 is 23.2 Å². The molecule has 96 valence electrons. The molecule has 2 aromatic rings. The molecule has 0 saturated carbocycles. The van der Waals surface area contributed by atoms with Gasteiger partial charge in [-0.15, -0.1) is 0 Å².